The zero-order valence-electron chi connectivity index (χ0n) is 7.71. The van der Waals surface area contributed by atoms with Crippen molar-refractivity contribution >= 4 is 11.3 Å². The highest BCUT2D eigenvalue weighted by Crippen LogP contribution is 2.28. The van der Waals surface area contributed by atoms with Gasteiger partial charge in [0.2, 0.25) is 0 Å². The van der Waals surface area contributed by atoms with E-state index in [0.29, 0.717) is 0 Å². The van der Waals surface area contributed by atoms with Crippen LogP contribution in [-0.4, -0.2) is 15.3 Å². The molecule has 0 fully saturated rings. The number of hydrogen-bond acceptors (Lipinski definition) is 4. The third-order valence-electron chi connectivity index (χ3n) is 2.07. The third kappa shape index (κ3) is 1.66. The fraction of sp³-hybridized carbons (Fsp3) is 0.200. The van der Waals surface area contributed by atoms with Crippen LogP contribution in [0.5, 0.6) is 0 Å². The number of aliphatic hydroxyl groups excluding tert-OH is 1. The van der Waals surface area contributed by atoms with E-state index in [0.717, 1.165) is 16.0 Å². The van der Waals surface area contributed by atoms with Crippen molar-refractivity contribution in [2.75, 3.05) is 0 Å². The largest absolute Gasteiger partial charge is 0.383 e. The summed E-state index contributed by atoms with van der Waals surface area (Å²) in [5.74, 6) is 0. The quantitative estimate of drug-likeness (QED) is 0.816. The Balaban J connectivity index is 2.34. The minimum atomic E-state index is -0.578. The SMILES string of the molecule is Cc1ccsc1C(O)c1ccnnc1. The number of rotatable bonds is 2. The van der Waals surface area contributed by atoms with Crippen molar-refractivity contribution in [2.24, 2.45) is 0 Å². The van der Waals surface area contributed by atoms with Gasteiger partial charge in [0.05, 0.1) is 6.20 Å². The first-order valence-corrected chi connectivity index (χ1v) is 5.15. The Labute approximate surface area is 86.1 Å². The maximum absolute atomic E-state index is 10.0. The lowest BCUT2D eigenvalue weighted by Crippen LogP contribution is -1.99. The number of thiophene rings is 1. The summed E-state index contributed by atoms with van der Waals surface area (Å²) >= 11 is 1.55. The average molecular weight is 206 g/mol. The second-order valence-electron chi connectivity index (χ2n) is 3.05. The molecular formula is C10H10N2OS. The van der Waals surface area contributed by atoms with Gasteiger partial charge in [-0.1, -0.05) is 0 Å². The van der Waals surface area contributed by atoms with Crippen molar-refractivity contribution in [1.82, 2.24) is 10.2 Å². The Morgan fingerprint density at radius 3 is 2.79 bits per heavy atom. The lowest BCUT2D eigenvalue weighted by atomic mass is 10.1. The Hall–Kier alpha value is -1.26. The van der Waals surface area contributed by atoms with Crippen LogP contribution in [0.25, 0.3) is 0 Å². The van der Waals surface area contributed by atoms with E-state index in [4.69, 9.17) is 0 Å². The van der Waals surface area contributed by atoms with Gasteiger partial charge in [0, 0.05) is 16.6 Å². The second kappa shape index (κ2) is 3.86. The molecule has 0 aliphatic rings. The molecule has 0 aliphatic carbocycles. The fourth-order valence-corrected chi connectivity index (χ4v) is 2.22. The molecule has 1 atom stereocenters. The number of aromatic nitrogens is 2. The predicted molar refractivity (Wildman–Crippen MR) is 55.1 cm³/mol. The molecule has 1 N–H and O–H groups in total. The van der Waals surface area contributed by atoms with Gasteiger partial charge in [-0.2, -0.15) is 10.2 Å². The van der Waals surface area contributed by atoms with E-state index in [-0.39, 0.29) is 0 Å². The van der Waals surface area contributed by atoms with Crippen LogP contribution in [0.3, 0.4) is 0 Å². The molecule has 0 radical (unpaired) electrons. The number of aliphatic hydroxyl groups is 1. The van der Waals surface area contributed by atoms with Crippen molar-refractivity contribution in [1.29, 1.82) is 0 Å². The molecule has 2 heterocycles. The Bertz CT molecular complexity index is 413. The molecule has 3 nitrogen and oxygen atoms in total. The van der Waals surface area contributed by atoms with E-state index < -0.39 is 6.10 Å². The van der Waals surface area contributed by atoms with Gasteiger partial charge in [-0.15, -0.1) is 11.3 Å². The average Bonchev–Trinajstić information content (AvgIpc) is 2.65. The fourth-order valence-electron chi connectivity index (χ4n) is 1.28. The molecule has 72 valence electrons. The van der Waals surface area contributed by atoms with Gasteiger partial charge < -0.3 is 5.11 Å². The molecule has 0 spiro atoms. The van der Waals surface area contributed by atoms with Crippen LogP contribution in [0, 0.1) is 6.92 Å². The molecule has 0 bridgehead atoms. The second-order valence-corrected chi connectivity index (χ2v) is 3.99. The maximum atomic E-state index is 10.0. The van der Waals surface area contributed by atoms with E-state index >= 15 is 0 Å². The van der Waals surface area contributed by atoms with Crippen LogP contribution in [0.4, 0.5) is 0 Å². The zero-order valence-corrected chi connectivity index (χ0v) is 8.53. The predicted octanol–water partition coefficient (Wildman–Crippen LogP) is 1.93. The first kappa shape index (κ1) is 9.30. The summed E-state index contributed by atoms with van der Waals surface area (Å²) in [5, 5.41) is 19.4. The molecule has 2 aromatic rings. The highest BCUT2D eigenvalue weighted by Gasteiger charge is 2.13. The molecule has 0 saturated carbocycles. The van der Waals surface area contributed by atoms with E-state index in [1.807, 2.05) is 18.4 Å². The Morgan fingerprint density at radius 2 is 2.21 bits per heavy atom. The van der Waals surface area contributed by atoms with Gasteiger partial charge in [-0.25, -0.2) is 0 Å². The normalized spacial score (nSPS) is 12.7. The summed E-state index contributed by atoms with van der Waals surface area (Å²) in [6, 6.07) is 3.77. The molecular weight excluding hydrogens is 196 g/mol. The number of nitrogens with zero attached hydrogens (tertiary/aromatic N) is 2. The highest BCUT2D eigenvalue weighted by atomic mass is 32.1. The minimum Gasteiger partial charge on any atom is -0.383 e. The van der Waals surface area contributed by atoms with Crippen molar-refractivity contribution in [3.8, 4) is 0 Å². The van der Waals surface area contributed by atoms with Gasteiger partial charge in [-0.3, -0.25) is 0 Å². The smallest absolute Gasteiger partial charge is 0.115 e. The molecule has 2 rings (SSSR count). The number of hydrogen-bond donors (Lipinski definition) is 1. The van der Waals surface area contributed by atoms with E-state index in [2.05, 4.69) is 10.2 Å². The van der Waals surface area contributed by atoms with Gasteiger partial charge in [0.15, 0.2) is 0 Å². The maximum Gasteiger partial charge on any atom is 0.115 e. The summed E-state index contributed by atoms with van der Waals surface area (Å²) in [4.78, 5) is 0.970. The molecule has 14 heavy (non-hydrogen) atoms. The summed E-state index contributed by atoms with van der Waals surface area (Å²) in [6.45, 7) is 1.99. The Morgan fingerprint density at radius 1 is 1.36 bits per heavy atom. The monoisotopic (exact) mass is 206 g/mol. The molecule has 1 unspecified atom stereocenters. The molecule has 0 aromatic carbocycles. The first-order chi connectivity index (χ1) is 6.79. The van der Waals surface area contributed by atoms with Crippen molar-refractivity contribution < 1.29 is 5.11 Å². The van der Waals surface area contributed by atoms with Crippen molar-refractivity contribution in [2.45, 2.75) is 13.0 Å². The van der Waals surface area contributed by atoms with E-state index in [1.165, 1.54) is 0 Å². The summed E-state index contributed by atoms with van der Waals surface area (Å²) < 4.78 is 0. The van der Waals surface area contributed by atoms with Crippen LogP contribution in [0.2, 0.25) is 0 Å². The highest BCUT2D eigenvalue weighted by molar-refractivity contribution is 7.10. The van der Waals surface area contributed by atoms with Gasteiger partial charge in [-0.05, 0) is 30.0 Å². The molecule has 4 heteroatoms. The van der Waals surface area contributed by atoms with Gasteiger partial charge in [0.1, 0.15) is 6.10 Å². The molecule has 0 amide bonds. The van der Waals surface area contributed by atoms with Crippen LogP contribution in [0.15, 0.2) is 29.9 Å². The summed E-state index contributed by atoms with van der Waals surface area (Å²) in [7, 11) is 0. The molecule has 0 aliphatic heterocycles. The molecule has 2 aromatic heterocycles. The van der Waals surface area contributed by atoms with Crippen LogP contribution in [0.1, 0.15) is 22.1 Å². The summed E-state index contributed by atoms with van der Waals surface area (Å²) in [5.41, 5.74) is 1.89. The van der Waals surface area contributed by atoms with E-state index in [1.54, 1.807) is 29.8 Å². The number of aryl methyl sites for hydroxylation is 1. The zero-order chi connectivity index (χ0) is 9.97. The van der Waals surface area contributed by atoms with Crippen molar-refractivity contribution in [3.05, 3.63) is 45.9 Å². The standard InChI is InChI=1S/C10H10N2OS/c1-7-3-5-14-10(7)9(13)8-2-4-11-12-6-8/h2-6,9,13H,1H3. The van der Waals surface area contributed by atoms with Crippen LogP contribution >= 0.6 is 11.3 Å². The summed E-state index contributed by atoms with van der Waals surface area (Å²) in [6.07, 6.45) is 2.59. The topological polar surface area (TPSA) is 46.0 Å². The Kier molecular flexibility index (Phi) is 2.56. The van der Waals surface area contributed by atoms with Gasteiger partial charge in [0.25, 0.3) is 0 Å². The lowest BCUT2D eigenvalue weighted by molar-refractivity contribution is 0.223. The van der Waals surface area contributed by atoms with Crippen LogP contribution in [-0.2, 0) is 0 Å². The van der Waals surface area contributed by atoms with Gasteiger partial charge >= 0.3 is 0 Å². The molecule has 0 saturated heterocycles. The third-order valence-corrected chi connectivity index (χ3v) is 3.14. The first-order valence-electron chi connectivity index (χ1n) is 4.27. The van der Waals surface area contributed by atoms with Crippen molar-refractivity contribution in [3.63, 3.8) is 0 Å². The minimum absolute atomic E-state index is 0.578. The lowest BCUT2D eigenvalue weighted by Gasteiger charge is -2.08. The van der Waals surface area contributed by atoms with Crippen LogP contribution < -0.4 is 0 Å². The van der Waals surface area contributed by atoms with E-state index in [9.17, 15) is 5.11 Å².